The van der Waals surface area contributed by atoms with Gasteiger partial charge in [0.25, 0.3) is 0 Å². The molecule has 0 aliphatic rings. The molecule has 0 aliphatic carbocycles. The molecule has 1 aromatic heterocycles. The van der Waals surface area contributed by atoms with Crippen LogP contribution in [-0.2, 0) is 6.61 Å². The number of rotatable bonds is 6. The van der Waals surface area contributed by atoms with E-state index in [2.05, 4.69) is 24.8 Å². The van der Waals surface area contributed by atoms with Gasteiger partial charge in [0.15, 0.2) is 0 Å². The molecule has 102 valence electrons. The summed E-state index contributed by atoms with van der Waals surface area (Å²) in [6, 6.07) is 10.1. The molecule has 19 heavy (non-hydrogen) atoms. The quantitative estimate of drug-likeness (QED) is 0.863. The number of aromatic nitrogens is 1. The summed E-state index contributed by atoms with van der Waals surface area (Å²) in [7, 11) is 0. The summed E-state index contributed by atoms with van der Waals surface area (Å²) in [6.45, 7) is 6.33. The highest BCUT2D eigenvalue weighted by Crippen LogP contribution is 2.24. The van der Waals surface area contributed by atoms with Crippen LogP contribution < -0.4 is 4.90 Å². The average Bonchev–Trinajstić information content (AvgIpc) is 2.45. The lowest BCUT2D eigenvalue weighted by Gasteiger charge is -2.25. The third-order valence-electron chi connectivity index (χ3n) is 3.24. The standard InChI is InChI=1S/C16H22N2O/c1-3-9-18(10-4-2)16-14(12-19)11-13-7-5-6-8-15(13)17-16/h5-8,11,19H,3-4,9-10,12H2,1-2H3. The number of hydrogen-bond acceptors (Lipinski definition) is 3. The summed E-state index contributed by atoms with van der Waals surface area (Å²) in [5.74, 6) is 0.935. The van der Waals surface area contributed by atoms with Gasteiger partial charge in [-0.25, -0.2) is 4.98 Å². The van der Waals surface area contributed by atoms with Gasteiger partial charge in [-0.05, 0) is 25.0 Å². The fourth-order valence-corrected chi connectivity index (χ4v) is 2.40. The highest BCUT2D eigenvalue weighted by atomic mass is 16.3. The van der Waals surface area contributed by atoms with Gasteiger partial charge in [-0.15, -0.1) is 0 Å². The van der Waals surface area contributed by atoms with Crippen LogP contribution in [0, 0.1) is 0 Å². The number of nitrogens with zero attached hydrogens (tertiary/aromatic N) is 2. The van der Waals surface area contributed by atoms with Crippen LogP contribution in [0.25, 0.3) is 10.9 Å². The van der Waals surface area contributed by atoms with Crippen LogP contribution in [0.3, 0.4) is 0 Å². The van der Waals surface area contributed by atoms with E-state index in [1.807, 2.05) is 24.3 Å². The van der Waals surface area contributed by atoms with Crippen molar-refractivity contribution >= 4 is 16.7 Å². The number of aliphatic hydroxyl groups excluding tert-OH is 1. The predicted molar refractivity (Wildman–Crippen MR) is 80.5 cm³/mol. The molecule has 0 aliphatic heterocycles. The Balaban J connectivity index is 2.49. The van der Waals surface area contributed by atoms with Crippen molar-refractivity contribution < 1.29 is 5.11 Å². The second kappa shape index (κ2) is 6.53. The van der Waals surface area contributed by atoms with Gasteiger partial charge in [0.1, 0.15) is 5.82 Å². The van der Waals surface area contributed by atoms with Crippen LogP contribution in [0.2, 0.25) is 0 Å². The molecule has 2 rings (SSSR count). The van der Waals surface area contributed by atoms with Gasteiger partial charge in [-0.1, -0.05) is 32.0 Å². The number of para-hydroxylation sites is 1. The van der Waals surface area contributed by atoms with Crippen molar-refractivity contribution in [2.75, 3.05) is 18.0 Å². The van der Waals surface area contributed by atoms with Crippen LogP contribution in [0.5, 0.6) is 0 Å². The van der Waals surface area contributed by atoms with Crippen LogP contribution in [0.1, 0.15) is 32.3 Å². The van der Waals surface area contributed by atoms with Crippen molar-refractivity contribution in [2.24, 2.45) is 0 Å². The van der Waals surface area contributed by atoms with Gasteiger partial charge in [0.2, 0.25) is 0 Å². The SMILES string of the molecule is CCCN(CCC)c1nc2ccccc2cc1CO. The molecule has 1 N–H and O–H groups in total. The van der Waals surface area contributed by atoms with Gasteiger partial charge in [-0.3, -0.25) is 0 Å². The van der Waals surface area contributed by atoms with E-state index in [1.165, 1.54) is 0 Å². The number of fused-ring (bicyclic) bond motifs is 1. The first-order valence-electron chi connectivity index (χ1n) is 7.04. The van der Waals surface area contributed by atoms with E-state index >= 15 is 0 Å². The molecule has 0 bridgehead atoms. The summed E-state index contributed by atoms with van der Waals surface area (Å²) in [4.78, 5) is 7.03. The van der Waals surface area contributed by atoms with E-state index in [9.17, 15) is 5.11 Å². The first-order chi connectivity index (χ1) is 9.30. The average molecular weight is 258 g/mol. The number of pyridine rings is 1. The van der Waals surface area contributed by atoms with Crippen LogP contribution in [0.4, 0.5) is 5.82 Å². The Bertz CT molecular complexity index is 533. The van der Waals surface area contributed by atoms with E-state index in [1.54, 1.807) is 0 Å². The smallest absolute Gasteiger partial charge is 0.134 e. The van der Waals surface area contributed by atoms with Gasteiger partial charge in [0.05, 0.1) is 12.1 Å². The molecular formula is C16H22N2O. The minimum atomic E-state index is 0.0388. The zero-order chi connectivity index (χ0) is 13.7. The molecule has 0 saturated heterocycles. The highest BCUT2D eigenvalue weighted by molar-refractivity contribution is 5.81. The molecule has 0 fully saturated rings. The summed E-state index contributed by atoms with van der Waals surface area (Å²) < 4.78 is 0. The minimum Gasteiger partial charge on any atom is -0.392 e. The van der Waals surface area contributed by atoms with E-state index < -0.39 is 0 Å². The normalized spacial score (nSPS) is 10.9. The summed E-state index contributed by atoms with van der Waals surface area (Å²) in [6.07, 6.45) is 2.17. The molecule has 3 heteroatoms. The molecule has 2 aromatic rings. The number of anilines is 1. The van der Waals surface area contributed by atoms with E-state index in [0.717, 1.165) is 48.2 Å². The Morgan fingerprint density at radius 2 is 1.79 bits per heavy atom. The van der Waals surface area contributed by atoms with E-state index in [0.29, 0.717) is 0 Å². The summed E-state index contributed by atoms with van der Waals surface area (Å²) in [5.41, 5.74) is 1.91. The monoisotopic (exact) mass is 258 g/mol. The topological polar surface area (TPSA) is 36.4 Å². The summed E-state index contributed by atoms with van der Waals surface area (Å²) in [5, 5.41) is 10.7. The maximum atomic E-state index is 9.60. The van der Waals surface area contributed by atoms with Crippen molar-refractivity contribution in [1.82, 2.24) is 4.98 Å². The zero-order valence-electron chi connectivity index (χ0n) is 11.8. The van der Waals surface area contributed by atoms with Gasteiger partial charge < -0.3 is 10.0 Å². The van der Waals surface area contributed by atoms with Crippen molar-refractivity contribution in [1.29, 1.82) is 0 Å². The molecule has 3 nitrogen and oxygen atoms in total. The predicted octanol–water partition coefficient (Wildman–Crippen LogP) is 3.35. The van der Waals surface area contributed by atoms with Crippen molar-refractivity contribution in [2.45, 2.75) is 33.3 Å². The molecule has 1 heterocycles. The second-order valence-corrected chi connectivity index (χ2v) is 4.81. The number of aliphatic hydroxyl groups is 1. The molecule has 0 radical (unpaired) electrons. The summed E-state index contributed by atoms with van der Waals surface area (Å²) >= 11 is 0. The van der Waals surface area contributed by atoms with E-state index in [-0.39, 0.29) is 6.61 Å². The zero-order valence-corrected chi connectivity index (χ0v) is 11.8. The van der Waals surface area contributed by atoms with Crippen molar-refractivity contribution in [3.05, 3.63) is 35.9 Å². The van der Waals surface area contributed by atoms with Gasteiger partial charge in [0, 0.05) is 24.0 Å². The molecule has 1 aromatic carbocycles. The highest BCUT2D eigenvalue weighted by Gasteiger charge is 2.12. The van der Waals surface area contributed by atoms with Crippen LogP contribution in [0.15, 0.2) is 30.3 Å². The van der Waals surface area contributed by atoms with E-state index in [4.69, 9.17) is 4.98 Å². The lowest BCUT2D eigenvalue weighted by Crippen LogP contribution is -2.27. The molecule has 0 saturated carbocycles. The first kappa shape index (κ1) is 13.8. The molecule has 0 spiro atoms. The molecule has 0 atom stereocenters. The third-order valence-corrected chi connectivity index (χ3v) is 3.24. The fourth-order valence-electron chi connectivity index (χ4n) is 2.40. The maximum Gasteiger partial charge on any atom is 0.134 e. The number of benzene rings is 1. The van der Waals surface area contributed by atoms with Gasteiger partial charge in [-0.2, -0.15) is 0 Å². The van der Waals surface area contributed by atoms with Crippen LogP contribution in [-0.4, -0.2) is 23.2 Å². The number of hydrogen-bond donors (Lipinski definition) is 1. The molecule has 0 amide bonds. The Labute approximate surface area is 114 Å². The first-order valence-corrected chi connectivity index (χ1v) is 7.04. The minimum absolute atomic E-state index is 0.0388. The largest absolute Gasteiger partial charge is 0.392 e. The molecular weight excluding hydrogens is 236 g/mol. The lowest BCUT2D eigenvalue weighted by atomic mass is 10.1. The molecule has 0 unspecified atom stereocenters. The van der Waals surface area contributed by atoms with Crippen molar-refractivity contribution in [3.8, 4) is 0 Å². The Kier molecular flexibility index (Phi) is 4.74. The van der Waals surface area contributed by atoms with Gasteiger partial charge >= 0.3 is 0 Å². The third kappa shape index (κ3) is 3.04. The Hall–Kier alpha value is -1.61. The maximum absolute atomic E-state index is 9.60. The Morgan fingerprint density at radius 3 is 2.42 bits per heavy atom. The second-order valence-electron chi connectivity index (χ2n) is 4.81. The fraction of sp³-hybridized carbons (Fsp3) is 0.438. The Morgan fingerprint density at radius 1 is 1.11 bits per heavy atom. The lowest BCUT2D eigenvalue weighted by molar-refractivity contribution is 0.281. The van der Waals surface area contributed by atoms with Crippen molar-refractivity contribution in [3.63, 3.8) is 0 Å². The van der Waals surface area contributed by atoms with Crippen LogP contribution >= 0.6 is 0 Å².